The lowest BCUT2D eigenvalue weighted by atomic mass is 10.1. The summed E-state index contributed by atoms with van der Waals surface area (Å²) >= 11 is 16.8. The fourth-order valence-electron chi connectivity index (χ4n) is 2.97. The van der Waals surface area contributed by atoms with Gasteiger partial charge in [-0.05, 0) is 36.2 Å². The summed E-state index contributed by atoms with van der Waals surface area (Å²) in [5.41, 5.74) is 2.82. The monoisotopic (exact) mass is 519 g/mol. The van der Waals surface area contributed by atoms with E-state index in [0.29, 0.717) is 28.7 Å². The number of aldehydes is 1. The normalized spacial score (nSPS) is 11.6. The SMILES string of the molecule is CN(C(=O)/C(=C\c1ccc(-c2ccc(Cl)c(Cl)n2)o1)NC=S)C(C=O)Cc1ccccc1.CO. The maximum atomic E-state index is 13.1. The van der Waals surface area contributed by atoms with Crippen LogP contribution in [0.2, 0.25) is 10.2 Å². The van der Waals surface area contributed by atoms with Crippen LogP contribution in [0.4, 0.5) is 0 Å². The third kappa shape index (κ3) is 7.23. The fourth-order valence-corrected chi connectivity index (χ4v) is 3.35. The van der Waals surface area contributed by atoms with E-state index in [1.54, 1.807) is 31.3 Å². The van der Waals surface area contributed by atoms with Gasteiger partial charge in [0.15, 0.2) is 5.76 Å². The van der Waals surface area contributed by atoms with Crippen molar-refractivity contribution in [3.8, 4) is 11.5 Å². The van der Waals surface area contributed by atoms with Crippen molar-refractivity contribution in [1.82, 2.24) is 15.2 Å². The first-order valence-electron chi connectivity index (χ1n) is 9.98. The van der Waals surface area contributed by atoms with Crippen molar-refractivity contribution in [2.75, 3.05) is 14.2 Å². The Morgan fingerprint density at radius 1 is 1.18 bits per heavy atom. The molecule has 178 valence electrons. The number of carbonyl (C=O) groups is 2. The van der Waals surface area contributed by atoms with Crippen LogP contribution in [0.1, 0.15) is 11.3 Å². The van der Waals surface area contributed by atoms with Crippen LogP contribution in [-0.4, -0.2) is 52.9 Å². The van der Waals surface area contributed by atoms with Crippen molar-refractivity contribution >= 4 is 59.2 Å². The molecule has 0 saturated heterocycles. The number of hydrogen-bond acceptors (Lipinski definition) is 6. The second-order valence-corrected chi connectivity index (χ2v) is 7.80. The maximum absolute atomic E-state index is 13.1. The Morgan fingerprint density at radius 2 is 1.88 bits per heavy atom. The van der Waals surface area contributed by atoms with Crippen LogP contribution in [0.3, 0.4) is 0 Å². The lowest BCUT2D eigenvalue weighted by Crippen LogP contribution is -2.42. The number of aliphatic hydroxyl groups is 1. The summed E-state index contributed by atoms with van der Waals surface area (Å²) in [6, 6.07) is 15.5. The van der Waals surface area contributed by atoms with Gasteiger partial charge in [-0.3, -0.25) is 4.79 Å². The summed E-state index contributed by atoms with van der Waals surface area (Å²) in [5, 5.41) is 10.2. The summed E-state index contributed by atoms with van der Waals surface area (Å²) in [6.45, 7) is 0. The number of nitrogens with zero attached hydrogens (tertiary/aromatic N) is 2. The first kappa shape index (κ1) is 27.2. The van der Waals surface area contributed by atoms with Crippen molar-refractivity contribution in [2.45, 2.75) is 12.5 Å². The molecule has 1 unspecified atom stereocenters. The molecule has 0 saturated carbocycles. The summed E-state index contributed by atoms with van der Waals surface area (Å²) in [4.78, 5) is 30.3. The molecule has 1 atom stereocenters. The number of likely N-dealkylation sites (N-methyl/N-ethyl adjacent to an activating group) is 1. The smallest absolute Gasteiger partial charge is 0.270 e. The first-order valence-corrected chi connectivity index (χ1v) is 11.2. The summed E-state index contributed by atoms with van der Waals surface area (Å²) in [7, 11) is 2.57. The molecular formula is C24H23Cl2N3O4S. The molecule has 7 nitrogen and oxygen atoms in total. The largest absolute Gasteiger partial charge is 0.455 e. The zero-order chi connectivity index (χ0) is 25.1. The van der Waals surface area contributed by atoms with E-state index >= 15 is 0 Å². The van der Waals surface area contributed by atoms with E-state index < -0.39 is 11.9 Å². The lowest BCUT2D eigenvalue weighted by molar-refractivity contribution is -0.131. The van der Waals surface area contributed by atoms with E-state index in [9.17, 15) is 9.59 Å². The molecule has 0 fully saturated rings. The van der Waals surface area contributed by atoms with Crippen LogP contribution >= 0.6 is 35.4 Å². The van der Waals surface area contributed by atoms with Gasteiger partial charge in [0.2, 0.25) is 0 Å². The quantitative estimate of drug-likeness (QED) is 0.187. The van der Waals surface area contributed by atoms with E-state index in [1.807, 2.05) is 30.3 Å². The predicted molar refractivity (Wildman–Crippen MR) is 138 cm³/mol. The summed E-state index contributed by atoms with van der Waals surface area (Å²) < 4.78 is 5.78. The average Bonchev–Trinajstić information content (AvgIpc) is 3.33. The average molecular weight is 520 g/mol. The van der Waals surface area contributed by atoms with Crippen molar-refractivity contribution in [1.29, 1.82) is 0 Å². The number of benzene rings is 1. The molecule has 3 aromatic rings. The molecule has 2 aromatic heterocycles. The standard InChI is InChI=1S/C23H19Cl2N3O3S.CH4O/c1-28(16(13-29)11-15-5-3-2-4-6-15)23(30)20(26-14-32)12-17-7-10-21(31-17)19-9-8-18(24)22(25)27-19;1-2/h2-10,12-14,16H,11H2,1H3,(H,26,32);2H,1H3/b20-12+;. The zero-order valence-electron chi connectivity index (χ0n) is 18.4. The maximum Gasteiger partial charge on any atom is 0.270 e. The molecule has 2 N–H and O–H groups in total. The lowest BCUT2D eigenvalue weighted by Gasteiger charge is -2.25. The number of halogens is 2. The Kier molecular flexibility index (Phi) is 10.9. The van der Waals surface area contributed by atoms with Gasteiger partial charge in [0.05, 0.1) is 16.6 Å². The van der Waals surface area contributed by atoms with Crippen molar-refractivity contribution in [3.63, 3.8) is 0 Å². The van der Waals surface area contributed by atoms with Gasteiger partial charge in [-0.15, -0.1) is 0 Å². The minimum Gasteiger partial charge on any atom is -0.455 e. The van der Waals surface area contributed by atoms with Crippen molar-refractivity contribution in [3.05, 3.63) is 81.8 Å². The number of pyridine rings is 1. The zero-order valence-corrected chi connectivity index (χ0v) is 20.8. The van der Waals surface area contributed by atoms with E-state index in [2.05, 4.69) is 10.3 Å². The minimum atomic E-state index is -0.646. The highest BCUT2D eigenvalue weighted by Gasteiger charge is 2.23. The molecular weight excluding hydrogens is 497 g/mol. The van der Waals surface area contributed by atoms with E-state index in [4.69, 9.17) is 44.9 Å². The highest BCUT2D eigenvalue weighted by atomic mass is 35.5. The number of carbonyl (C=O) groups excluding carboxylic acids is 2. The van der Waals surface area contributed by atoms with E-state index in [1.165, 1.54) is 16.5 Å². The number of amides is 1. The van der Waals surface area contributed by atoms with E-state index in [0.717, 1.165) is 19.0 Å². The number of hydrogen-bond donors (Lipinski definition) is 2. The van der Waals surface area contributed by atoms with Gasteiger partial charge in [-0.25, -0.2) is 4.98 Å². The molecule has 1 amide bonds. The van der Waals surface area contributed by atoms with Gasteiger partial charge in [0.25, 0.3) is 5.91 Å². The third-order valence-electron chi connectivity index (χ3n) is 4.68. The van der Waals surface area contributed by atoms with E-state index in [-0.39, 0.29) is 10.9 Å². The number of rotatable bonds is 9. The van der Waals surface area contributed by atoms with Crippen LogP contribution in [0.5, 0.6) is 0 Å². The van der Waals surface area contributed by atoms with Crippen molar-refractivity contribution in [2.24, 2.45) is 0 Å². The number of furan rings is 1. The fraction of sp³-hybridized carbons (Fsp3) is 0.167. The molecule has 0 spiro atoms. The van der Waals surface area contributed by atoms with Crippen LogP contribution in [0.15, 0.2) is 64.7 Å². The Morgan fingerprint density at radius 3 is 2.50 bits per heavy atom. The molecule has 0 aliphatic heterocycles. The molecule has 3 rings (SSSR count). The molecule has 0 aliphatic carbocycles. The minimum absolute atomic E-state index is 0.158. The second kappa shape index (κ2) is 13.6. The molecule has 0 aliphatic rings. The first-order chi connectivity index (χ1) is 16.4. The van der Waals surface area contributed by atoms with Crippen LogP contribution in [-0.2, 0) is 16.0 Å². The Labute approximate surface area is 213 Å². The molecule has 0 radical (unpaired) electrons. The number of aromatic nitrogens is 1. The topological polar surface area (TPSA) is 95.7 Å². The Hall–Kier alpha value is -3.04. The predicted octanol–water partition coefficient (Wildman–Crippen LogP) is 4.41. The third-order valence-corrected chi connectivity index (χ3v) is 5.48. The number of aliphatic hydroxyl groups excluding tert-OH is 1. The van der Waals surface area contributed by atoms with Gasteiger partial charge in [0, 0.05) is 20.2 Å². The highest BCUT2D eigenvalue weighted by Crippen LogP contribution is 2.27. The van der Waals surface area contributed by atoms with Gasteiger partial charge >= 0.3 is 0 Å². The summed E-state index contributed by atoms with van der Waals surface area (Å²) in [5.74, 6) is 0.427. The van der Waals surface area contributed by atoms with Crippen molar-refractivity contribution < 1.29 is 19.1 Å². The second-order valence-electron chi connectivity index (χ2n) is 6.80. The van der Waals surface area contributed by atoms with Gasteiger partial charge < -0.3 is 24.5 Å². The Balaban J connectivity index is 0.00000199. The van der Waals surface area contributed by atoms with Gasteiger partial charge in [-0.1, -0.05) is 65.8 Å². The summed E-state index contributed by atoms with van der Waals surface area (Å²) in [6.07, 6.45) is 2.65. The number of nitrogens with one attached hydrogen (secondary N) is 1. The van der Waals surface area contributed by atoms with Crippen LogP contribution in [0.25, 0.3) is 17.5 Å². The Bertz CT molecular complexity index is 1150. The molecule has 0 bridgehead atoms. The highest BCUT2D eigenvalue weighted by molar-refractivity contribution is 7.78. The number of thiocarbonyl (C=S) groups is 1. The molecule has 2 heterocycles. The van der Waals surface area contributed by atoms with Crippen LogP contribution in [0, 0.1) is 0 Å². The van der Waals surface area contributed by atoms with Gasteiger partial charge in [-0.2, -0.15) is 0 Å². The van der Waals surface area contributed by atoms with Crippen LogP contribution < -0.4 is 5.32 Å². The molecule has 34 heavy (non-hydrogen) atoms. The van der Waals surface area contributed by atoms with Gasteiger partial charge in [0.1, 0.15) is 28.6 Å². The molecule has 10 heteroatoms. The molecule has 1 aromatic carbocycles.